The van der Waals surface area contributed by atoms with Crippen molar-refractivity contribution in [2.75, 3.05) is 5.32 Å². The van der Waals surface area contributed by atoms with Crippen molar-refractivity contribution in [3.63, 3.8) is 0 Å². The first-order chi connectivity index (χ1) is 8.47. The molecule has 2 rings (SSSR count). The van der Waals surface area contributed by atoms with Crippen molar-refractivity contribution in [2.45, 2.75) is 33.7 Å². The zero-order chi connectivity index (χ0) is 13.3. The molecule has 1 N–H and O–H groups in total. The van der Waals surface area contributed by atoms with Crippen molar-refractivity contribution in [3.05, 3.63) is 45.2 Å². The van der Waals surface area contributed by atoms with Gasteiger partial charge in [-0.15, -0.1) is 11.3 Å². The molecule has 0 aliphatic rings. The first-order valence-electron chi connectivity index (χ1n) is 5.94. The molecular formula is C14H17FN2S. The minimum atomic E-state index is -0.225. The van der Waals surface area contributed by atoms with Gasteiger partial charge in [0, 0.05) is 4.88 Å². The zero-order valence-electron chi connectivity index (χ0n) is 11.0. The molecule has 0 amide bonds. The Morgan fingerprint density at radius 1 is 1.28 bits per heavy atom. The lowest BCUT2D eigenvalue weighted by molar-refractivity contribution is 0.626. The summed E-state index contributed by atoms with van der Waals surface area (Å²) in [5.74, 6) is -0.225. The molecule has 2 aromatic rings. The van der Waals surface area contributed by atoms with Gasteiger partial charge in [-0.05, 0) is 45.4 Å². The molecule has 2 nitrogen and oxygen atoms in total. The highest BCUT2D eigenvalue weighted by Gasteiger charge is 2.14. The molecule has 1 aromatic heterocycles. The normalized spacial score (nSPS) is 12.5. The smallest absolute Gasteiger partial charge is 0.146 e. The maximum absolute atomic E-state index is 13.7. The highest BCUT2D eigenvalue weighted by molar-refractivity contribution is 7.11. The second-order valence-corrected chi connectivity index (χ2v) is 5.93. The number of thiazole rings is 1. The summed E-state index contributed by atoms with van der Waals surface area (Å²) in [7, 11) is 0. The fourth-order valence-electron chi connectivity index (χ4n) is 2.00. The molecule has 0 saturated heterocycles. The second kappa shape index (κ2) is 5.06. The molecule has 96 valence electrons. The van der Waals surface area contributed by atoms with Gasteiger partial charge in [0.15, 0.2) is 0 Å². The van der Waals surface area contributed by atoms with Crippen LogP contribution in [0.15, 0.2) is 18.2 Å². The molecule has 4 heteroatoms. The lowest BCUT2D eigenvalue weighted by Crippen LogP contribution is -2.09. The van der Waals surface area contributed by atoms with Crippen LogP contribution in [0.2, 0.25) is 0 Å². The van der Waals surface area contributed by atoms with E-state index in [0.717, 1.165) is 16.3 Å². The molecule has 1 atom stereocenters. The summed E-state index contributed by atoms with van der Waals surface area (Å²) >= 11 is 1.67. The van der Waals surface area contributed by atoms with Crippen LogP contribution < -0.4 is 5.32 Å². The summed E-state index contributed by atoms with van der Waals surface area (Å²) in [6.45, 7) is 7.99. The molecule has 0 spiro atoms. The van der Waals surface area contributed by atoms with Crippen molar-refractivity contribution in [2.24, 2.45) is 0 Å². The maximum Gasteiger partial charge on any atom is 0.146 e. The number of rotatable bonds is 3. The fraction of sp³-hybridized carbons (Fsp3) is 0.357. The van der Waals surface area contributed by atoms with Crippen molar-refractivity contribution < 1.29 is 4.39 Å². The van der Waals surface area contributed by atoms with Gasteiger partial charge in [-0.1, -0.05) is 6.07 Å². The van der Waals surface area contributed by atoms with E-state index >= 15 is 0 Å². The first-order valence-corrected chi connectivity index (χ1v) is 6.75. The topological polar surface area (TPSA) is 24.9 Å². The Kier molecular flexibility index (Phi) is 3.66. The Morgan fingerprint density at radius 3 is 2.61 bits per heavy atom. The van der Waals surface area contributed by atoms with Crippen molar-refractivity contribution in [1.82, 2.24) is 4.98 Å². The van der Waals surface area contributed by atoms with Crippen molar-refractivity contribution in [3.8, 4) is 0 Å². The average molecular weight is 264 g/mol. The van der Waals surface area contributed by atoms with Crippen LogP contribution in [0.25, 0.3) is 0 Å². The Hall–Kier alpha value is -1.42. The number of nitrogens with one attached hydrogen (secondary N) is 1. The standard InChI is InChI=1S/C14H17FN2S/c1-8-5-6-12(15)13(7-8)16-9(2)14-10(3)18-11(4)17-14/h5-7,9,16H,1-4H3. The van der Waals surface area contributed by atoms with Gasteiger partial charge >= 0.3 is 0 Å². The molecule has 1 aromatic carbocycles. The van der Waals surface area contributed by atoms with E-state index in [1.165, 1.54) is 10.9 Å². The maximum atomic E-state index is 13.7. The lowest BCUT2D eigenvalue weighted by atomic mass is 10.1. The number of halogens is 1. The highest BCUT2D eigenvalue weighted by atomic mass is 32.1. The van der Waals surface area contributed by atoms with Gasteiger partial charge < -0.3 is 5.32 Å². The number of aromatic nitrogens is 1. The number of benzene rings is 1. The summed E-state index contributed by atoms with van der Waals surface area (Å²) in [4.78, 5) is 5.67. The largest absolute Gasteiger partial charge is 0.375 e. The van der Waals surface area contributed by atoms with E-state index < -0.39 is 0 Å². The SMILES string of the molecule is Cc1ccc(F)c(NC(C)c2nc(C)sc2C)c1. The third kappa shape index (κ3) is 2.70. The molecule has 0 aliphatic carbocycles. The molecule has 0 radical (unpaired) electrons. The Labute approximate surface area is 111 Å². The van der Waals surface area contributed by atoms with Crippen LogP contribution >= 0.6 is 11.3 Å². The fourth-order valence-corrected chi connectivity index (χ4v) is 2.91. The van der Waals surface area contributed by atoms with Gasteiger partial charge in [0.05, 0.1) is 22.4 Å². The molecule has 18 heavy (non-hydrogen) atoms. The van der Waals surface area contributed by atoms with E-state index in [1.807, 2.05) is 33.8 Å². The summed E-state index contributed by atoms with van der Waals surface area (Å²) < 4.78 is 13.7. The van der Waals surface area contributed by atoms with E-state index in [4.69, 9.17) is 0 Å². The second-order valence-electron chi connectivity index (χ2n) is 4.52. The minimum Gasteiger partial charge on any atom is -0.375 e. The number of nitrogens with zero attached hydrogens (tertiary/aromatic N) is 1. The van der Waals surface area contributed by atoms with E-state index in [9.17, 15) is 4.39 Å². The summed E-state index contributed by atoms with van der Waals surface area (Å²) in [5.41, 5.74) is 2.57. The van der Waals surface area contributed by atoms with Gasteiger partial charge in [0.1, 0.15) is 5.82 Å². The van der Waals surface area contributed by atoms with E-state index in [0.29, 0.717) is 5.69 Å². The van der Waals surface area contributed by atoms with Crippen molar-refractivity contribution in [1.29, 1.82) is 0 Å². The van der Waals surface area contributed by atoms with E-state index in [2.05, 4.69) is 10.3 Å². The molecule has 1 unspecified atom stereocenters. The third-order valence-electron chi connectivity index (χ3n) is 2.84. The van der Waals surface area contributed by atoms with Gasteiger partial charge in [0.2, 0.25) is 0 Å². The quantitative estimate of drug-likeness (QED) is 0.889. The van der Waals surface area contributed by atoms with Gasteiger partial charge in [-0.3, -0.25) is 0 Å². The summed E-state index contributed by atoms with van der Waals surface area (Å²) in [5, 5.41) is 4.23. The summed E-state index contributed by atoms with van der Waals surface area (Å²) in [6.07, 6.45) is 0. The van der Waals surface area contributed by atoms with Crippen LogP contribution in [0.4, 0.5) is 10.1 Å². The Bertz CT molecular complexity index is 563. The Balaban J connectivity index is 2.23. The van der Waals surface area contributed by atoms with Crippen LogP contribution in [0.5, 0.6) is 0 Å². The van der Waals surface area contributed by atoms with Crippen LogP contribution in [-0.4, -0.2) is 4.98 Å². The number of anilines is 1. The first kappa shape index (κ1) is 13.0. The predicted octanol–water partition coefficient (Wildman–Crippen LogP) is 4.38. The van der Waals surface area contributed by atoms with Gasteiger partial charge in [0.25, 0.3) is 0 Å². The molecule has 0 aliphatic heterocycles. The number of aryl methyl sites for hydroxylation is 3. The molecule has 0 fully saturated rings. The van der Waals surface area contributed by atoms with E-state index in [1.54, 1.807) is 17.4 Å². The number of hydrogen-bond acceptors (Lipinski definition) is 3. The zero-order valence-corrected chi connectivity index (χ0v) is 11.9. The summed E-state index contributed by atoms with van der Waals surface area (Å²) in [6, 6.07) is 5.08. The lowest BCUT2D eigenvalue weighted by Gasteiger charge is -2.15. The average Bonchev–Trinajstić information content (AvgIpc) is 2.63. The van der Waals surface area contributed by atoms with Gasteiger partial charge in [-0.2, -0.15) is 0 Å². The molecular weight excluding hydrogens is 247 g/mol. The van der Waals surface area contributed by atoms with Crippen molar-refractivity contribution >= 4 is 17.0 Å². The third-order valence-corrected chi connectivity index (χ3v) is 3.75. The van der Waals surface area contributed by atoms with Crippen LogP contribution in [0.3, 0.4) is 0 Å². The van der Waals surface area contributed by atoms with Crippen LogP contribution in [-0.2, 0) is 0 Å². The Morgan fingerprint density at radius 2 is 2.00 bits per heavy atom. The van der Waals surface area contributed by atoms with Crippen LogP contribution in [0.1, 0.15) is 34.1 Å². The number of hydrogen-bond donors (Lipinski definition) is 1. The predicted molar refractivity (Wildman–Crippen MR) is 74.8 cm³/mol. The molecule has 1 heterocycles. The van der Waals surface area contributed by atoms with Gasteiger partial charge in [-0.25, -0.2) is 9.37 Å². The monoisotopic (exact) mass is 264 g/mol. The van der Waals surface area contributed by atoms with E-state index in [-0.39, 0.29) is 11.9 Å². The molecule has 0 bridgehead atoms. The van der Waals surface area contributed by atoms with Crippen LogP contribution in [0, 0.1) is 26.6 Å². The molecule has 0 saturated carbocycles. The minimum absolute atomic E-state index is 0.00579. The highest BCUT2D eigenvalue weighted by Crippen LogP contribution is 2.26.